The summed E-state index contributed by atoms with van der Waals surface area (Å²) in [7, 11) is 1.59. The number of aryl methyl sites for hydroxylation is 1. The number of ether oxygens (including phenoxy) is 2. The summed E-state index contributed by atoms with van der Waals surface area (Å²) in [6.07, 6.45) is -2.29. The van der Waals surface area contributed by atoms with Crippen molar-refractivity contribution in [3.63, 3.8) is 0 Å². The molecule has 0 bridgehead atoms. The Kier molecular flexibility index (Phi) is 4.35. The van der Waals surface area contributed by atoms with Crippen molar-refractivity contribution >= 4 is 34.9 Å². The molecule has 0 aliphatic carbocycles. The summed E-state index contributed by atoms with van der Waals surface area (Å²) in [6.45, 7) is 0. The van der Waals surface area contributed by atoms with E-state index in [1.807, 2.05) is 0 Å². The Labute approximate surface area is 166 Å². The van der Waals surface area contributed by atoms with Gasteiger partial charge in [-0.2, -0.15) is 5.10 Å². The van der Waals surface area contributed by atoms with Crippen molar-refractivity contribution in [3.8, 4) is 22.6 Å². The van der Waals surface area contributed by atoms with Gasteiger partial charge in [-0.25, -0.2) is 4.98 Å². The molecule has 3 heterocycles. The third kappa shape index (κ3) is 3.46. The van der Waals surface area contributed by atoms with Crippen molar-refractivity contribution in [3.05, 3.63) is 52.4 Å². The van der Waals surface area contributed by atoms with Gasteiger partial charge in [0.05, 0.1) is 5.02 Å². The molecule has 0 saturated carbocycles. The minimum atomic E-state index is -3.73. The van der Waals surface area contributed by atoms with E-state index in [0.29, 0.717) is 11.1 Å². The van der Waals surface area contributed by atoms with Crippen LogP contribution in [0.3, 0.4) is 0 Å². The van der Waals surface area contributed by atoms with Gasteiger partial charge in [-0.3, -0.25) is 9.48 Å². The van der Waals surface area contributed by atoms with Crippen molar-refractivity contribution in [1.82, 2.24) is 14.8 Å². The average Bonchev–Trinajstić information content (AvgIpc) is 3.11. The van der Waals surface area contributed by atoms with E-state index in [-0.39, 0.29) is 33.2 Å². The normalized spacial score (nSPS) is 14.2. The standard InChI is InChI=1S/C17H10Cl2F2N4O3/c1-25-11(6-14(19)24-25)16(26)23-15-3-2-8(7-22-15)9-4-12-13(5-10(9)18)28-17(20,21)27-12/h2-7H,1H3,(H,22,23,26). The third-order valence-corrected chi connectivity index (χ3v) is 4.39. The fourth-order valence-corrected chi connectivity index (χ4v) is 3.12. The van der Waals surface area contributed by atoms with Crippen LogP contribution in [0.2, 0.25) is 10.2 Å². The molecule has 1 N–H and O–H groups in total. The van der Waals surface area contributed by atoms with E-state index in [4.69, 9.17) is 23.2 Å². The average molecular weight is 427 g/mol. The molecule has 3 aromatic rings. The number of alkyl halides is 2. The summed E-state index contributed by atoms with van der Waals surface area (Å²) in [4.78, 5) is 16.4. The van der Waals surface area contributed by atoms with Crippen LogP contribution in [0.5, 0.6) is 11.5 Å². The molecule has 0 atom stereocenters. The zero-order chi connectivity index (χ0) is 20.1. The molecule has 0 saturated heterocycles. The van der Waals surface area contributed by atoms with Crippen molar-refractivity contribution in [2.45, 2.75) is 6.29 Å². The van der Waals surface area contributed by atoms with Crippen LogP contribution in [-0.2, 0) is 7.05 Å². The summed E-state index contributed by atoms with van der Waals surface area (Å²) in [5, 5.41) is 6.88. The zero-order valence-corrected chi connectivity index (χ0v) is 15.6. The highest BCUT2D eigenvalue weighted by atomic mass is 35.5. The van der Waals surface area contributed by atoms with Gasteiger partial charge >= 0.3 is 6.29 Å². The molecule has 0 fully saturated rings. The number of halogens is 4. The number of fused-ring (bicyclic) bond motifs is 1. The van der Waals surface area contributed by atoms with Gasteiger partial charge in [-0.1, -0.05) is 23.2 Å². The lowest BCUT2D eigenvalue weighted by Crippen LogP contribution is -2.25. The molecule has 1 amide bonds. The Hall–Kier alpha value is -2.91. The first-order valence-corrected chi connectivity index (χ1v) is 8.54. The summed E-state index contributed by atoms with van der Waals surface area (Å²) in [5.74, 6) is -0.444. The van der Waals surface area contributed by atoms with Crippen molar-refractivity contribution in [1.29, 1.82) is 0 Å². The number of anilines is 1. The summed E-state index contributed by atoms with van der Waals surface area (Å²) in [5.41, 5.74) is 1.22. The highest BCUT2D eigenvalue weighted by molar-refractivity contribution is 6.33. The van der Waals surface area contributed by atoms with Gasteiger partial charge in [0.25, 0.3) is 5.91 Å². The van der Waals surface area contributed by atoms with Crippen LogP contribution in [0.4, 0.5) is 14.6 Å². The predicted molar refractivity (Wildman–Crippen MR) is 97.1 cm³/mol. The number of rotatable bonds is 3. The number of amides is 1. The largest absolute Gasteiger partial charge is 0.586 e. The molecule has 2 aromatic heterocycles. The molecule has 0 radical (unpaired) electrons. The van der Waals surface area contributed by atoms with Crippen LogP contribution in [0, 0.1) is 0 Å². The molecule has 0 spiro atoms. The Balaban J connectivity index is 1.56. The first kappa shape index (κ1) is 18.5. The van der Waals surface area contributed by atoms with E-state index < -0.39 is 12.2 Å². The van der Waals surface area contributed by atoms with Gasteiger partial charge < -0.3 is 14.8 Å². The molecular weight excluding hydrogens is 417 g/mol. The fourth-order valence-electron chi connectivity index (χ4n) is 2.64. The highest BCUT2D eigenvalue weighted by Gasteiger charge is 2.43. The van der Waals surface area contributed by atoms with E-state index >= 15 is 0 Å². The summed E-state index contributed by atoms with van der Waals surface area (Å²) >= 11 is 11.9. The predicted octanol–water partition coefficient (Wildman–Crippen LogP) is 4.36. The van der Waals surface area contributed by atoms with Crippen LogP contribution >= 0.6 is 23.2 Å². The highest BCUT2D eigenvalue weighted by Crippen LogP contribution is 2.45. The Morgan fingerprint density at radius 2 is 1.89 bits per heavy atom. The molecule has 7 nitrogen and oxygen atoms in total. The third-order valence-electron chi connectivity index (χ3n) is 3.89. The van der Waals surface area contributed by atoms with E-state index in [9.17, 15) is 13.6 Å². The maximum atomic E-state index is 13.2. The van der Waals surface area contributed by atoms with Gasteiger partial charge in [0, 0.05) is 36.5 Å². The van der Waals surface area contributed by atoms with E-state index in [2.05, 4.69) is 24.9 Å². The second-order valence-electron chi connectivity index (χ2n) is 5.81. The van der Waals surface area contributed by atoms with Gasteiger partial charge in [0.15, 0.2) is 16.7 Å². The number of nitrogens with one attached hydrogen (secondary N) is 1. The minimum absolute atomic E-state index is 0.130. The van der Waals surface area contributed by atoms with Crippen LogP contribution in [0.25, 0.3) is 11.1 Å². The topological polar surface area (TPSA) is 78.3 Å². The fraction of sp³-hybridized carbons (Fsp3) is 0.118. The van der Waals surface area contributed by atoms with Gasteiger partial charge in [-0.05, 0) is 18.2 Å². The second-order valence-corrected chi connectivity index (χ2v) is 6.60. The quantitative estimate of drug-likeness (QED) is 0.672. The van der Waals surface area contributed by atoms with Crippen molar-refractivity contribution in [2.75, 3.05) is 5.32 Å². The monoisotopic (exact) mass is 426 g/mol. The molecular formula is C17H10Cl2F2N4O3. The van der Waals surface area contributed by atoms with Gasteiger partial charge in [0.1, 0.15) is 11.5 Å². The Morgan fingerprint density at radius 1 is 1.18 bits per heavy atom. The van der Waals surface area contributed by atoms with Crippen LogP contribution < -0.4 is 14.8 Å². The molecule has 1 aliphatic heterocycles. The number of carbonyl (C=O) groups is 1. The zero-order valence-electron chi connectivity index (χ0n) is 14.0. The van der Waals surface area contributed by atoms with Crippen LogP contribution in [0.1, 0.15) is 10.5 Å². The van der Waals surface area contributed by atoms with Crippen LogP contribution in [0.15, 0.2) is 36.5 Å². The van der Waals surface area contributed by atoms with E-state index in [0.717, 1.165) is 0 Å². The van der Waals surface area contributed by atoms with Gasteiger partial charge in [-0.15, -0.1) is 8.78 Å². The molecule has 1 aromatic carbocycles. The Bertz CT molecular complexity index is 1090. The smallest absolute Gasteiger partial charge is 0.395 e. The molecule has 0 unspecified atom stereocenters. The van der Waals surface area contributed by atoms with Crippen molar-refractivity contribution < 1.29 is 23.0 Å². The van der Waals surface area contributed by atoms with Crippen molar-refractivity contribution in [2.24, 2.45) is 7.05 Å². The number of hydrogen-bond donors (Lipinski definition) is 1. The Morgan fingerprint density at radius 3 is 2.50 bits per heavy atom. The number of carbonyl (C=O) groups excluding carboxylic acids is 1. The lowest BCUT2D eigenvalue weighted by molar-refractivity contribution is -0.286. The first-order chi connectivity index (χ1) is 13.2. The SMILES string of the molecule is Cn1nc(Cl)cc1C(=O)Nc1ccc(-c2cc3c(cc2Cl)OC(F)(F)O3)cn1. The molecule has 4 rings (SSSR count). The lowest BCUT2D eigenvalue weighted by atomic mass is 10.1. The number of aromatic nitrogens is 3. The number of hydrogen-bond acceptors (Lipinski definition) is 5. The summed E-state index contributed by atoms with van der Waals surface area (Å²) in [6, 6.07) is 7.18. The van der Waals surface area contributed by atoms with E-state index in [1.54, 1.807) is 19.2 Å². The maximum absolute atomic E-state index is 13.2. The molecule has 11 heteroatoms. The van der Waals surface area contributed by atoms with Gasteiger partial charge in [0.2, 0.25) is 0 Å². The lowest BCUT2D eigenvalue weighted by Gasteiger charge is -2.08. The number of pyridine rings is 1. The first-order valence-electron chi connectivity index (χ1n) is 7.78. The number of benzene rings is 1. The van der Waals surface area contributed by atoms with Crippen LogP contribution in [-0.4, -0.2) is 27.0 Å². The minimum Gasteiger partial charge on any atom is -0.395 e. The second kappa shape index (κ2) is 6.61. The molecule has 28 heavy (non-hydrogen) atoms. The maximum Gasteiger partial charge on any atom is 0.586 e. The van der Waals surface area contributed by atoms with E-state index in [1.165, 1.54) is 29.1 Å². The molecule has 144 valence electrons. The summed E-state index contributed by atoms with van der Waals surface area (Å²) < 4.78 is 36.5. The molecule has 1 aliphatic rings. The number of nitrogens with zero attached hydrogens (tertiary/aromatic N) is 3.